The fourth-order valence-electron chi connectivity index (χ4n) is 1.13. The fraction of sp³-hybridized carbons (Fsp3) is 0.300. The van der Waals surface area contributed by atoms with E-state index in [0.29, 0.717) is 6.42 Å². The van der Waals surface area contributed by atoms with E-state index < -0.39 is 12.0 Å². The van der Waals surface area contributed by atoms with Gasteiger partial charge in [-0.05, 0) is 17.7 Å². The van der Waals surface area contributed by atoms with Crippen molar-refractivity contribution in [1.82, 2.24) is 0 Å². The molecule has 0 radical (unpaired) electrons. The first-order chi connectivity index (χ1) is 6.63. The Morgan fingerprint density at radius 3 is 2.50 bits per heavy atom. The van der Waals surface area contributed by atoms with E-state index in [9.17, 15) is 4.79 Å². The fourth-order valence-corrected chi connectivity index (χ4v) is 1.13. The first-order valence-corrected chi connectivity index (χ1v) is 4.32. The maximum absolute atomic E-state index is 10.5. The van der Waals surface area contributed by atoms with E-state index in [4.69, 9.17) is 9.84 Å². The van der Waals surface area contributed by atoms with E-state index in [2.05, 4.69) is 5.73 Å². The maximum atomic E-state index is 10.5. The molecule has 0 aromatic heterocycles. The van der Waals surface area contributed by atoms with Gasteiger partial charge < -0.3 is 15.6 Å². The Hall–Kier alpha value is -1.55. The topological polar surface area (TPSA) is 74.2 Å². The summed E-state index contributed by atoms with van der Waals surface area (Å²) in [5.41, 5.74) is 4.50. The van der Waals surface area contributed by atoms with Crippen molar-refractivity contribution >= 4 is 5.97 Å². The molecule has 0 unspecified atom stereocenters. The SMILES string of the molecule is COc1ccc(C[C@@H]([NH3+])C(=O)O)cc1. The summed E-state index contributed by atoms with van der Waals surface area (Å²) in [6.07, 6.45) is 0.444. The summed E-state index contributed by atoms with van der Waals surface area (Å²) < 4.78 is 4.99. The third-order valence-corrected chi connectivity index (χ3v) is 1.99. The Labute approximate surface area is 82.3 Å². The highest BCUT2D eigenvalue weighted by atomic mass is 16.5. The van der Waals surface area contributed by atoms with Gasteiger partial charge in [-0.3, -0.25) is 0 Å². The zero-order valence-electron chi connectivity index (χ0n) is 8.06. The summed E-state index contributed by atoms with van der Waals surface area (Å²) in [7, 11) is 1.59. The van der Waals surface area contributed by atoms with Crippen molar-refractivity contribution in [3.63, 3.8) is 0 Å². The van der Waals surface area contributed by atoms with Crippen LogP contribution in [0.15, 0.2) is 24.3 Å². The highest BCUT2D eigenvalue weighted by Gasteiger charge is 2.15. The molecule has 0 amide bonds. The highest BCUT2D eigenvalue weighted by Crippen LogP contribution is 2.11. The molecule has 0 aliphatic rings. The monoisotopic (exact) mass is 196 g/mol. The van der Waals surface area contributed by atoms with Gasteiger partial charge in [-0.25, -0.2) is 4.79 Å². The summed E-state index contributed by atoms with van der Waals surface area (Å²) in [5.74, 6) is -0.106. The summed E-state index contributed by atoms with van der Waals surface area (Å²) in [5, 5.41) is 8.66. The molecule has 0 aliphatic heterocycles. The van der Waals surface area contributed by atoms with Crippen LogP contribution in [0.1, 0.15) is 5.56 Å². The van der Waals surface area contributed by atoms with E-state index in [1.54, 1.807) is 7.11 Å². The standard InChI is InChI=1S/C10H13NO3/c1-14-8-4-2-7(3-5-8)6-9(11)10(12)13/h2-5,9H,6,11H2,1H3,(H,12,13)/p+1/t9-/m1/s1. The van der Waals surface area contributed by atoms with Gasteiger partial charge in [0.25, 0.3) is 0 Å². The van der Waals surface area contributed by atoms with Gasteiger partial charge in [0.2, 0.25) is 0 Å². The van der Waals surface area contributed by atoms with Gasteiger partial charge in [0.05, 0.1) is 7.11 Å². The van der Waals surface area contributed by atoms with Crippen LogP contribution >= 0.6 is 0 Å². The molecule has 14 heavy (non-hydrogen) atoms. The number of carboxylic acid groups (broad SMARTS) is 1. The maximum Gasteiger partial charge on any atom is 0.362 e. The molecule has 4 nitrogen and oxygen atoms in total. The smallest absolute Gasteiger partial charge is 0.362 e. The lowest BCUT2D eigenvalue weighted by molar-refractivity contribution is -0.407. The largest absolute Gasteiger partial charge is 0.497 e. The lowest BCUT2D eigenvalue weighted by Gasteiger charge is -2.04. The number of quaternary nitrogens is 1. The van der Waals surface area contributed by atoms with Gasteiger partial charge in [-0.1, -0.05) is 12.1 Å². The van der Waals surface area contributed by atoms with E-state index in [0.717, 1.165) is 11.3 Å². The molecular weight excluding hydrogens is 182 g/mol. The molecule has 4 heteroatoms. The molecule has 0 fully saturated rings. The Kier molecular flexibility index (Phi) is 3.48. The predicted molar refractivity (Wildman–Crippen MR) is 51.0 cm³/mol. The number of carboxylic acids is 1. The third-order valence-electron chi connectivity index (χ3n) is 1.99. The Morgan fingerprint density at radius 1 is 1.50 bits per heavy atom. The number of hydrogen-bond donors (Lipinski definition) is 2. The molecular formula is C10H14NO3+. The molecule has 1 rings (SSSR count). The molecule has 0 aliphatic carbocycles. The Morgan fingerprint density at radius 2 is 2.07 bits per heavy atom. The molecule has 1 aromatic rings. The normalized spacial score (nSPS) is 12.1. The molecule has 76 valence electrons. The van der Waals surface area contributed by atoms with E-state index in [1.807, 2.05) is 24.3 Å². The number of ether oxygens (including phenoxy) is 1. The Bertz CT molecular complexity index is 308. The molecule has 0 heterocycles. The van der Waals surface area contributed by atoms with Crippen LogP contribution in [0.3, 0.4) is 0 Å². The molecule has 0 saturated carbocycles. The highest BCUT2D eigenvalue weighted by molar-refractivity contribution is 5.71. The van der Waals surface area contributed by atoms with Crippen molar-refractivity contribution in [2.75, 3.05) is 7.11 Å². The van der Waals surface area contributed by atoms with Crippen LogP contribution in [-0.2, 0) is 11.2 Å². The van der Waals surface area contributed by atoms with Crippen LogP contribution in [0, 0.1) is 0 Å². The number of rotatable bonds is 4. The first-order valence-electron chi connectivity index (χ1n) is 4.32. The van der Waals surface area contributed by atoms with Crippen LogP contribution in [-0.4, -0.2) is 24.2 Å². The van der Waals surface area contributed by atoms with Crippen LogP contribution in [0.25, 0.3) is 0 Å². The molecule has 0 spiro atoms. The average molecular weight is 196 g/mol. The third kappa shape index (κ3) is 2.74. The number of methoxy groups -OCH3 is 1. The van der Waals surface area contributed by atoms with Crippen molar-refractivity contribution in [1.29, 1.82) is 0 Å². The molecule has 1 aromatic carbocycles. The van der Waals surface area contributed by atoms with E-state index in [-0.39, 0.29) is 0 Å². The number of hydrogen-bond acceptors (Lipinski definition) is 2. The summed E-state index contributed by atoms with van der Waals surface area (Å²) in [6, 6.07) is 6.72. The van der Waals surface area contributed by atoms with Crippen molar-refractivity contribution in [3.05, 3.63) is 29.8 Å². The molecule has 4 N–H and O–H groups in total. The van der Waals surface area contributed by atoms with Crippen LogP contribution in [0.2, 0.25) is 0 Å². The van der Waals surface area contributed by atoms with Gasteiger partial charge in [-0.2, -0.15) is 0 Å². The van der Waals surface area contributed by atoms with Crippen molar-refractivity contribution in [2.24, 2.45) is 0 Å². The van der Waals surface area contributed by atoms with Crippen molar-refractivity contribution in [3.8, 4) is 5.75 Å². The predicted octanol–water partition coefficient (Wildman–Crippen LogP) is -0.0672. The number of benzene rings is 1. The lowest BCUT2D eigenvalue weighted by atomic mass is 10.1. The number of carbonyl (C=O) groups is 1. The quantitative estimate of drug-likeness (QED) is 0.708. The minimum absolute atomic E-state index is 0.444. The summed E-state index contributed by atoms with van der Waals surface area (Å²) in [4.78, 5) is 10.5. The lowest BCUT2D eigenvalue weighted by Crippen LogP contribution is -2.65. The van der Waals surface area contributed by atoms with E-state index in [1.165, 1.54) is 0 Å². The first kappa shape index (κ1) is 10.5. The van der Waals surface area contributed by atoms with Crippen molar-refractivity contribution < 1.29 is 20.4 Å². The zero-order chi connectivity index (χ0) is 10.6. The van der Waals surface area contributed by atoms with Crippen LogP contribution in [0.5, 0.6) is 5.75 Å². The average Bonchev–Trinajstić information content (AvgIpc) is 2.19. The number of aliphatic carboxylic acids is 1. The summed E-state index contributed by atoms with van der Waals surface area (Å²) >= 11 is 0. The second-order valence-electron chi connectivity index (χ2n) is 3.09. The minimum Gasteiger partial charge on any atom is -0.497 e. The van der Waals surface area contributed by atoms with Gasteiger partial charge in [0.1, 0.15) is 5.75 Å². The second kappa shape index (κ2) is 4.62. The van der Waals surface area contributed by atoms with E-state index >= 15 is 0 Å². The van der Waals surface area contributed by atoms with Crippen LogP contribution in [0.4, 0.5) is 0 Å². The summed E-state index contributed by atoms with van der Waals surface area (Å²) in [6.45, 7) is 0. The molecule has 0 bridgehead atoms. The van der Waals surface area contributed by atoms with Gasteiger partial charge >= 0.3 is 5.97 Å². The minimum atomic E-state index is -0.874. The second-order valence-corrected chi connectivity index (χ2v) is 3.09. The van der Waals surface area contributed by atoms with Gasteiger partial charge in [-0.15, -0.1) is 0 Å². The molecule has 1 atom stereocenters. The Balaban J connectivity index is 2.64. The van der Waals surface area contributed by atoms with Crippen LogP contribution < -0.4 is 10.5 Å². The van der Waals surface area contributed by atoms with Crippen molar-refractivity contribution in [2.45, 2.75) is 12.5 Å². The van der Waals surface area contributed by atoms with Gasteiger partial charge in [0, 0.05) is 6.42 Å². The molecule has 0 saturated heterocycles. The van der Waals surface area contributed by atoms with Gasteiger partial charge in [0.15, 0.2) is 6.04 Å². The zero-order valence-corrected chi connectivity index (χ0v) is 8.06.